The summed E-state index contributed by atoms with van der Waals surface area (Å²) in [5.41, 5.74) is 2.14. The number of hydrogen-bond donors (Lipinski definition) is 1. The van der Waals surface area contributed by atoms with Crippen molar-refractivity contribution in [3.05, 3.63) is 30.1 Å². The van der Waals surface area contributed by atoms with E-state index in [4.69, 9.17) is 9.72 Å². The Bertz CT molecular complexity index is 697. The fraction of sp³-hybridized carbons (Fsp3) is 0.579. The zero-order valence-corrected chi connectivity index (χ0v) is 14.8. The molecule has 2 aromatic rings. The van der Waals surface area contributed by atoms with E-state index in [-0.39, 0.29) is 11.9 Å². The van der Waals surface area contributed by atoms with Gasteiger partial charge < -0.3 is 14.6 Å². The number of fused-ring (bicyclic) bond motifs is 1. The molecule has 2 aliphatic heterocycles. The molecule has 4 rings (SSSR count). The van der Waals surface area contributed by atoms with Gasteiger partial charge in [-0.1, -0.05) is 12.1 Å². The van der Waals surface area contributed by atoms with E-state index in [1.807, 2.05) is 30.0 Å². The first-order valence-corrected chi connectivity index (χ1v) is 9.27. The van der Waals surface area contributed by atoms with E-state index >= 15 is 0 Å². The standard InChI is InChI=1S/C19H26N4O2/c1-14(19(24)23-10-12-25-13-11-23)22-8-6-15(7-9-22)18-20-16-4-2-3-5-17(16)21-18/h2-5,14-15H,6-13H2,1H3,(H,20,21)/t14-/m1/s1. The molecule has 2 aliphatic rings. The van der Waals surface area contributed by atoms with Crippen molar-refractivity contribution in [3.63, 3.8) is 0 Å². The van der Waals surface area contributed by atoms with Crippen LogP contribution in [0.25, 0.3) is 11.0 Å². The summed E-state index contributed by atoms with van der Waals surface area (Å²) in [6.07, 6.45) is 2.08. The second-order valence-electron chi connectivity index (χ2n) is 7.06. The highest BCUT2D eigenvalue weighted by Crippen LogP contribution is 2.28. The van der Waals surface area contributed by atoms with Crippen LogP contribution in [0.4, 0.5) is 0 Å². The van der Waals surface area contributed by atoms with Crippen molar-refractivity contribution < 1.29 is 9.53 Å². The molecule has 2 saturated heterocycles. The fourth-order valence-corrected chi connectivity index (χ4v) is 3.93. The summed E-state index contributed by atoms with van der Waals surface area (Å²) in [5, 5.41) is 0. The zero-order valence-electron chi connectivity index (χ0n) is 14.8. The van der Waals surface area contributed by atoms with Crippen molar-refractivity contribution in [1.29, 1.82) is 0 Å². The maximum absolute atomic E-state index is 12.7. The number of piperidine rings is 1. The van der Waals surface area contributed by atoms with Crippen molar-refractivity contribution in [2.24, 2.45) is 0 Å². The molecule has 0 unspecified atom stereocenters. The molecule has 1 atom stereocenters. The molecule has 1 aromatic carbocycles. The van der Waals surface area contributed by atoms with Gasteiger partial charge in [-0.2, -0.15) is 0 Å². The van der Waals surface area contributed by atoms with Gasteiger partial charge >= 0.3 is 0 Å². The Hall–Kier alpha value is -1.92. The van der Waals surface area contributed by atoms with Gasteiger partial charge in [0.05, 0.1) is 30.3 Å². The lowest BCUT2D eigenvalue weighted by Crippen LogP contribution is -2.52. The molecule has 0 bridgehead atoms. The molecular formula is C19H26N4O2. The molecular weight excluding hydrogens is 316 g/mol. The number of aromatic nitrogens is 2. The second kappa shape index (κ2) is 7.14. The third kappa shape index (κ3) is 3.41. The number of carbonyl (C=O) groups excluding carboxylic acids is 1. The Balaban J connectivity index is 1.36. The van der Waals surface area contributed by atoms with Crippen molar-refractivity contribution in [3.8, 4) is 0 Å². The van der Waals surface area contributed by atoms with Gasteiger partial charge in [-0.05, 0) is 45.0 Å². The summed E-state index contributed by atoms with van der Waals surface area (Å²) in [4.78, 5) is 25.2. The van der Waals surface area contributed by atoms with E-state index in [2.05, 4.69) is 16.0 Å². The van der Waals surface area contributed by atoms with Crippen molar-refractivity contribution >= 4 is 16.9 Å². The van der Waals surface area contributed by atoms with Crippen LogP contribution in [0.5, 0.6) is 0 Å². The first kappa shape index (κ1) is 16.5. The van der Waals surface area contributed by atoms with E-state index in [9.17, 15) is 4.79 Å². The van der Waals surface area contributed by atoms with Crippen molar-refractivity contribution in [2.75, 3.05) is 39.4 Å². The van der Waals surface area contributed by atoms with Gasteiger partial charge in [0.1, 0.15) is 5.82 Å². The van der Waals surface area contributed by atoms with Gasteiger partial charge in [-0.25, -0.2) is 4.98 Å². The number of amides is 1. The highest BCUT2D eigenvalue weighted by Gasteiger charge is 2.31. The Labute approximate surface area is 148 Å². The maximum Gasteiger partial charge on any atom is 0.239 e. The molecule has 6 heteroatoms. The van der Waals surface area contributed by atoms with Crippen LogP contribution in [0.15, 0.2) is 24.3 Å². The van der Waals surface area contributed by atoms with Gasteiger partial charge in [0.25, 0.3) is 0 Å². The predicted octanol–water partition coefficient (Wildman–Crippen LogP) is 1.99. The number of morpholine rings is 1. The molecule has 1 N–H and O–H groups in total. The average Bonchev–Trinajstić information content (AvgIpc) is 3.12. The van der Waals surface area contributed by atoms with Crippen molar-refractivity contribution in [1.82, 2.24) is 19.8 Å². The van der Waals surface area contributed by atoms with Crippen LogP contribution in [-0.2, 0) is 9.53 Å². The van der Waals surface area contributed by atoms with Crippen LogP contribution in [-0.4, -0.2) is 71.1 Å². The Morgan fingerprint density at radius 1 is 1.20 bits per heavy atom. The zero-order chi connectivity index (χ0) is 17.2. The van der Waals surface area contributed by atoms with E-state index < -0.39 is 0 Å². The van der Waals surface area contributed by atoms with Crippen LogP contribution in [0.3, 0.4) is 0 Å². The first-order chi connectivity index (χ1) is 12.2. The van der Waals surface area contributed by atoms with E-state index in [0.29, 0.717) is 19.1 Å². The summed E-state index contributed by atoms with van der Waals surface area (Å²) in [7, 11) is 0. The smallest absolute Gasteiger partial charge is 0.239 e. The number of rotatable bonds is 3. The number of imidazole rings is 1. The van der Waals surface area contributed by atoms with Crippen LogP contribution >= 0.6 is 0 Å². The van der Waals surface area contributed by atoms with Gasteiger partial charge in [0.2, 0.25) is 5.91 Å². The Kier molecular flexibility index (Phi) is 4.72. The molecule has 134 valence electrons. The minimum atomic E-state index is -0.0466. The lowest BCUT2D eigenvalue weighted by Gasteiger charge is -2.37. The summed E-state index contributed by atoms with van der Waals surface area (Å²) in [6, 6.07) is 8.13. The second-order valence-corrected chi connectivity index (χ2v) is 7.06. The molecule has 1 aromatic heterocycles. The van der Waals surface area contributed by atoms with E-state index in [1.165, 1.54) is 0 Å². The molecule has 2 fully saturated rings. The Morgan fingerprint density at radius 3 is 2.64 bits per heavy atom. The lowest BCUT2D eigenvalue weighted by atomic mass is 9.95. The summed E-state index contributed by atoms with van der Waals surface area (Å²) >= 11 is 0. The lowest BCUT2D eigenvalue weighted by molar-refractivity contribution is -0.140. The van der Waals surface area contributed by atoms with E-state index in [0.717, 1.165) is 55.9 Å². The molecule has 3 heterocycles. The van der Waals surface area contributed by atoms with Gasteiger partial charge in [0.15, 0.2) is 0 Å². The summed E-state index contributed by atoms with van der Waals surface area (Å²) in [5.74, 6) is 1.79. The third-order valence-corrected chi connectivity index (χ3v) is 5.55. The number of hydrogen-bond acceptors (Lipinski definition) is 4. The molecule has 0 aliphatic carbocycles. The average molecular weight is 342 g/mol. The van der Waals surface area contributed by atoms with Crippen LogP contribution < -0.4 is 0 Å². The number of H-pyrrole nitrogens is 1. The molecule has 25 heavy (non-hydrogen) atoms. The fourth-order valence-electron chi connectivity index (χ4n) is 3.93. The van der Waals surface area contributed by atoms with Crippen molar-refractivity contribution in [2.45, 2.75) is 31.7 Å². The summed E-state index contributed by atoms with van der Waals surface area (Å²) in [6.45, 7) is 6.69. The number of aromatic amines is 1. The number of carbonyl (C=O) groups is 1. The van der Waals surface area contributed by atoms with Gasteiger partial charge in [-0.15, -0.1) is 0 Å². The van der Waals surface area contributed by atoms with Gasteiger partial charge in [-0.3, -0.25) is 9.69 Å². The number of nitrogens with zero attached hydrogens (tertiary/aromatic N) is 3. The number of likely N-dealkylation sites (tertiary alicyclic amines) is 1. The largest absolute Gasteiger partial charge is 0.378 e. The normalized spacial score (nSPS) is 21.6. The number of para-hydroxylation sites is 2. The predicted molar refractivity (Wildman–Crippen MR) is 96.5 cm³/mol. The molecule has 0 saturated carbocycles. The van der Waals surface area contributed by atoms with Crippen LogP contribution in [0, 0.1) is 0 Å². The SMILES string of the molecule is C[C@H](C(=O)N1CCOCC1)N1CCC(c2nc3ccccc3[nH]2)CC1. The minimum Gasteiger partial charge on any atom is -0.378 e. The third-order valence-electron chi connectivity index (χ3n) is 5.55. The van der Waals surface area contributed by atoms with Gasteiger partial charge in [0, 0.05) is 19.0 Å². The maximum atomic E-state index is 12.7. The Morgan fingerprint density at radius 2 is 1.92 bits per heavy atom. The topological polar surface area (TPSA) is 61.5 Å². The van der Waals surface area contributed by atoms with Crippen LogP contribution in [0.1, 0.15) is 31.5 Å². The summed E-state index contributed by atoms with van der Waals surface area (Å²) < 4.78 is 5.35. The molecule has 1 amide bonds. The molecule has 0 radical (unpaired) electrons. The molecule has 0 spiro atoms. The van der Waals surface area contributed by atoms with E-state index in [1.54, 1.807) is 0 Å². The number of nitrogens with one attached hydrogen (secondary N) is 1. The number of benzene rings is 1. The monoisotopic (exact) mass is 342 g/mol. The minimum absolute atomic E-state index is 0.0466. The number of ether oxygens (including phenoxy) is 1. The first-order valence-electron chi connectivity index (χ1n) is 9.27. The quantitative estimate of drug-likeness (QED) is 0.927. The van der Waals surface area contributed by atoms with Crippen LogP contribution in [0.2, 0.25) is 0 Å². The highest BCUT2D eigenvalue weighted by atomic mass is 16.5. The highest BCUT2D eigenvalue weighted by molar-refractivity contribution is 5.81. The molecule has 6 nitrogen and oxygen atoms in total.